The van der Waals surface area contributed by atoms with Crippen molar-refractivity contribution >= 4 is 44.6 Å². The second kappa shape index (κ2) is 19.7. The zero-order valence-corrected chi connectivity index (χ0v) is 47.9. The van der Waals surface area contributed by atoms with Gasteiger partial charge < -0.3 is 14.5 Å². The van der Waals surface area contributed by atoms with Crippen molar-refractivity contribution in [2.24, 2.45) is 0 Å². The summed E-state index contributed by atoms with van der Waals surface area (Å²) in [5.41, 5.74) is 19.5. The summed E-state index contributed by atoms with van der Waals surface area (Å²) in [6.07, 6.45) is 2.50. The minimum absolute atomic E-state index is 0.0586. The molecular weight excluding hydrogens is 1040 g/mol. The molecule has 0 N–H and O–H groups in total. The molecule has 414 valence electrons. The first-order chi connectivity index (χ1) is 45.6. The van der Waals surface area contributed by atoms with Gasteiger partial charge in [0.05, 0.1) is 33.5 Å². The van der Waals surface area contributed by atoms with Gasteiger partial charge in [-0.15, -0.1) is 0 Å². The maximum Gasteiger partial charge on any atom is 0.137 e. The Kier molecular flexibility index (Phi) is 9.74. The molecule has 86 heavy (non-hydrogen) atoms. The largest absolute Gasteiger partial charge is 0.457 e. The van der Waals surface area contributed by atoms with Crippen LogP contribution in [0.4, 0.5) is 22.7 Å². The quantitative estimate of drug-likeness (QED) is 0.152. The van der Waals surface area contributed by atoms with Gasteiger partial charge in [0, 0.05) is 63.8 Å². The lowest BCUT2D eigenvalue weighted by Crippen LogP contribution is -2.34. The summed E-state index contributed by atoms with van der Waals surface area (Å²) in [6, 6.07) is 83.8. The van der Waals surface area contributed by atoms with E-state index in [0.717, 1.165) is 84.4 Å². The van der Waals surface area contributed by atoms with Crippen LogP contribution in [0.3, 0.4) is 0 Å². The molecule has 3 aliphatic rings. The van der Waals surface area contributed by atoms with E-state index in [1.807, 2.05) is 95.6 Å². The first-order valence-corrected chi connectivity index (χ1v) is 29.4. The third-order valence-corrected chi connectivity index (χ3v) is 18.0. The molecule has 0 fully saturated rings. The number of ether oxygens (including phenoxy) is 1. The number of fused-ring (bicyclic) bond motifs is 13. The maximum absolute atomic E-state index is 8.81. The summed E-state index contributed by atoms with van der Waals surface area (Å²) in [5, 5.41) is 1.93. The number of pyridine rings is 1. The molecule has 0 bridgehead atoms. The molecule has 0 radical (unpaired) electrons. The number of rotatable bonds is 8. The molecule has 5 heteroatoms. The summed E-state index contributed by atoms with van der Waals surface area (Å²) >= 11 is 0. The van der Waals surface area contributed by atoms with Crippen molar-refractivity contribution in [3.63, 3.8) is 0 Å². The van der Waals surface area contributed by atoms with E-state index in [0.29, 0.717) is 40.7 Å². The van der Waals surface area contributed by atoms with Crippen LogP contribution >= 0.6 is 0 Å². The van der Waals surface area contributed by atoms with E-state index in [2.05, 4.69) is 164 Å². The monoisotopic (exact) mass is 1120 g/mol. The molecule has 11 aromatic carbocycles. The lowest BCUT2D eigenvalue weighted by molar-refractivity contribution is 0.483. The Labute approximate surface area is 516 Å². The van der Waals surface area contributed by atoms with Crippen molar-refractivity contribution in [1.29, 1.82) is 0 Å². The van der Waals surface area contributed by atoms with Crippen molar-refractivity contribution in [2.75, 3.05) is 16.5 Å². The highest BCUT2D eigenvalue weighted by Gasteiger charge is 2.50. The molecule has 13 aromatic rings. The van der Waals surface area contributed by atoms with Gasteiger partial charge >= 0.3 is 0 Å². The molecule has 5 nitrogen and oxygen atoms in total. The average Bonchev–Trinajstić information content (AvgIpc) is 1.56. The van der Waals surface area contributed by atoms with Crippen LogP contribution in [0, 0.1) is 20.6 Å². The molecular formula is C81H64N4O. The summed E-state index contributed by atoms with van der Waals surface area (Å²) in [4.78, 5) is 9.52. The third kappa shape index (κ3) is 8.09. The third-order valence-electron chi connectivity index (χ3n) is 18.0. The van der Waals surface area contributed by atoms with Crippen LogP contribution in [0.2, 0.25) is 0 Å². The molecule has 2 aliphatic carbocycles. The fourth-order valence-corrected chi connectivity index (χ4v) is 14.2. The van der Waals surface area contributed by atoms with Gasteiger partial charge in [-0.3, -0.25) is 4.57 Å². The SMILES string of the molecule is [2H]C([2H])([2H])c1cc(-c2cccc(-c3ccc4c(c3)C3(c5ccccc5Cc5ccccc53)c3ccccc3-4)c2N2CN(c3cccc(Oc4ccc5c6ccccc6n(-c6cc(C([2H])([2H])[2H])c(-c7cccc(C(C)(C)C)c7)cn6)c5c4)c3)c3ccccc32)cc(C([2H])([2H])[2H])c1. The summed E-state index contributed by atoms with van der Waals surface area (Å²) < 4.78 is 87.2. The van der Waals surface area contributed by atoms with Crippen molar-refractivity contribution in [3.05, 3.63) is 311 Å². The molecule has 0 unspecified atom stereocenters. The van der Waals surface area contributed by atoms with Gasteiger partial charge in [0.25, 0.3) is 0 Å². The molecule has 2 aromatic heterocycles. The Morgan fingerprint density at radius 1 is 0.453 bits per heavy atom. The van der Waals surface area contributed by atoms with Crippen LogP contribution in [0.25, 0.3) is 72.1 Å². The lowest BCUT2D eigenvalue weighted by atomic mass is 9.61. The zero-order valence-electron chi connectivity index (χ0n) is 56.9. The molecule has 0 atom stereocenters. The highest BCUT2D eigenvalue weighted by molar-refractivity contribution is 6.09. The number of aromatic nitrogens is 2. The van der Waals surface area contributed by atoms with Gasteiger partial charge in [0.1, 0.15) is 24.0 Å². The van der Waals surface area contributed by atoms with Gasteiger partial charge in [-0.2, -0.15) is 0 Å². The average molecular weight is 1120 g/mol. The Hall–Kier alpha value is -10.2. The van der Waals surface area contributed by atoms with Gasteiger partial charge in [-0.05, 0) is 159 Å². The first kappa shape index (κ1) is 42.6. The van der Waals surface area contributed by atoms with Crippen molar-refractivity contribution < 1.29 is 17.1 Å². The number of hydrogen-bond donors (Lipinski definition) is 0. The number of benzene rings is 11. The van der Waals surface area contributed by atoms with Crippen molar-refractivity contribution in [3.8, 4) is 61.8 Å². The molecule has 1 aliphatic heterocycles. The number of nitrogens with zero attached hydrogens (tertiary/aromatic N) is 4. The number of anilines is 4. The number of para-hydroxylation sites is 4. The van der Waals surface area contributed by atoms with E-state index in [1.165, 1.54) is 39.4 Å². The predicted octanol–water partition coefficient (Wildman–Crippen LogP) is 20.7. The first-order valence-electron chi connectivity index (χ1n) is 33.9. The van der Waals surface area contributed by atoms with Gasteiger partial charge in [0.15, 0.2) is 0 Å². The topological polar surface area (TPSA) is 33.5 Å². The van der Waals surface area contributed by atoms with E-state index in [9.17, 15) is 0 Å². The van der Waals surface area contributed by atoms with Crippen LogP contribution in [-0.4, -0.2) is 16.2 Å². The lowest BCUT2D eigenvalue weighted by Gasteiger charge is -2.40. The van der Waals surface area contributed by atoms with Crippen LogP contribution in [0.1, 0.15) is 88.7 Å². The van der Waals surface area contributed by atoms with E-state index >= 15 is 0 Å². The Morgan fingerprint density at radius 2 is 1.09 bits per heavy atom. The Morgan fingerprint density at radius 3 is 1.87 bits per heavy atom. The standard InChI is InChI=1S/C81H64N4O/c1-51-40-52(2)42-58(41-51)64-29-19-28-63(55-36-38-66-65-26-9-13-32-72(65)81(73(66)46-55)70-30-11-7-20-56(70)44-57-21-8-12-31-71(57)81)79(64)84-50-83(75-34-15-16-35-76(75)84)60-24-18-25-61(47-60)86-62-37-39-68-67-27-10-14-33-74(67)85(77(68)48-62)78-43-53(3)69(49-82-78)54-22-17-23-59(45-54)80(4,5)6/h7-43,45-49H,44,50H2,1-6H3/i1D3,2D3,3D3. The van der Waals surface area contributed by atoms with Gasteiger partial charge in [-0.25, -0.2) is 4.98 Å². The normalized spacial score (nSPS) is 15.6. The maximum atomic E-state index is 8.81. The van der Waals surface area contributed by atoms with Crippen LogP contribution in [0.5, 0.6) is 11.5 Å². The Balaban J connectivity index is 0.819. The fourth-order valence-electron chi connectivity index (χ4n) is 14.2. The number of hydrogen-bond acceptors (Lipinski definition) is 4. The van der Waals surface area contributed by atoms with E-state index in [-0.39, 0.29) is 22.1 Å². The van der Waals surface area contributed by atoms with E-state index < -0.39 is 26.0 Å². The molecule has 16 rings (SSSR count). The summed E-state index contributed by atoms with van der Waals surface area (Å²) in [7, 11) is 0. The minimum Gasteiger partial charge on any atom is -0.457 e. The molecule has 3 heterocycles. The van der Waals surface area contributed by atoms with E-state index in [4.69, 9.17) is 22.1 Å². The molecule has 1 spiro atoms. The van der Waals surface area contributed by atoms with Crippen LogP contribution in [0.15, 0.2) is 255 Å². The minimum atomic E-state index is -2.60. The Bertz CT molecular complexity index is 5210. The highest BCUT2D eigenvalue weighted by atomic mass is 16.5. The smallest absolute Gasteiger partial charge is 0.137 e. The number of aryl methyl sites for hydroxylation is 3. The highest BCUT2D eigenvalue weighted by Crippen LogP contribution is 2.60. The molecule has 0 saturated carbocycles. The predicted molar refractivity (Wildman–Crippen MR) is 356 cm³/mol. The fraction of sp³-hybridized carbons (Fsp3) is 0.123. The van der Waals surface area contributed by atoms with Crippen molar-refractivity contribution in [1.82, 2.24) is 9.55 Å². The van der Waals surface area contributed by atoms with Gasteiger partial charge in [0.2, 0.25) is 0 Å². The van der Waals surface area contributed by atoms with E-state index in [1.54, 1.807) is 24.4 Å². The summed E-state index contributed by atoms with van der Waals surface area (Å²) in [6.45, 7) is -0.932. The van der Waals surface area contributed by atoms with Crippen LogP contribution in [-0.2, 0) is 17.3 Å². The van der Waals surface area contributed by atoms with Crippen molar-refractivity contribution in [2.45, 2.75) is 58.6 Å². The molecule has 0 saturated heterocycles. The molecule has 0 amide bonds. The zero-order chi connectivity index (χ0) is 65.5. The second-order valence-corrected chi connectivity index (χ2v) is 24.1. The van der Waals surface area contributed by atoms with Gasteiger partial charge in [-0.1, -0.05) is 214 Å². The summed E-state index contributed by atoms with van der Waals surface area (Å²) in [5.74, 6) is 1.60. The second-order valence-electron chi connectivity index (χ2n) is 24.1. The van der Waals surface area contributed by atoms with Crippen LogP contribution < -0.4 is 14.5 Å².